The van der Waals surface area contributed by atoms with Gasteiger partial charge in [-0.2, -0.15) is 0 Å². The molecule has 4 nitrogen and oxygen atoms in total. The van der Waals surface area contributed by atoms with Crippen molar-refractivity contribution in [3.8, 4) is 0 Å². The molecule has 1 aliphatic rings. The van der Waals surface area contributed by atoms with Crippen LogP contribution in [0.4, 0.5) is 0 Å². The summed E-state index contributed by atoms with van der Waals surface area (Å²) in [6.07, 6.45) is 0.821. The summed E-state index contributed by atoms with van der Waals surface area (Å²) in [5.41, 5.74) is 0. The van der Waals surface area contributed by atoms with Crippen LogP contribution in [0.2, 0.25) is 0 Å². The molecule has 0 radical (unpaired) electrons. The Kier molecular flexibility index (Phi) is 2.35. The van der Waals surface area contributed by atoms with E-state index in [2.05, 4.69) is 0 Å². The maximum atomic E-state index is 11.2. The third-order valence-corrected chi connectivity index (χ3v) is 2.10. The van der Waals surface area contributed by atoms with Crippen LogP contribution in [-0.2, 0) is 9.59 Å². The fourth-order valence-corrected chi connectivity index (χ4v) is 1.59. The van der Waals surface area contributed by atoms with E-state index in [0.29, 0.717) is 12.8 Å². The number of hydrogen-bond acceptors (Lipinski definition) is 2. The molecule has 0 unspecified atom stereocenters. The van der Waals surface area contributed by atoms with Crippen LogP contribution in [0.15, 0.2) is 0 Å². The molecule has 1 heterocycles. The largest absolute Gasteiger partial charge is 0.480 e. The molecule has 0 aromatic carbocycles. The van der Waals surface area contributed by atoms with E-state index in [-0.39, 0.29) is 11.9 Å². The summed E-state index contributed by atoms with van der Waals surface area (Å²) in [6.45, 7) is 3.66. The number of carboxylic acid groups (broad SMARTS) is 1. The Morgan fingerprint density at radius 1 is 1.67 bits per heavy atom. The van der Waals surface area contributed by atoms with Crippen molar-refractivity contribution in [3.05, 3.63) is 0 Å². The minimum Gasteiger partial charge on any atom is -0.480 e. The molecule has 1 aliphatic heterocycles. The molecular weight excluding hydrogens is 158 g/mol. The van der Waals surface area contributed by atoms with Gasteiger partial charge in [0.15, 0.2) is 0 Å². The first-order valence-corrected chi connectivity index (χ1v) is 4.08. The SMILES string of the molecule is CC(C)N1C(=O)CC[C@@H]1C(=O)O. The second-order valence-electron chi connectivity index (χ2n) is 3.29. The summed E-state index contributed by atoms with van der Waals surface area (Å²) < 4.78 is 0. The lowest BCUT2D eigenvalue weighted by Crippen LogP contribution is -2.42. The normalized spacial score (nSPS) is 23.8. The second-order valence-corrected chi connectivity index (χ2v) is 3.29. The zero-order chi connectivity index (χ0) is 9.30. The molecule has 0 bridgehead atoms. The van der Waals surface area contributed by atoms with Gasteiger partial charge in [0, 0.05) is 12.5 Å². The maximum absolute atomic E-state index is 11.2. The zero-order valence-corrected chi connectivity index (χ0v) is 7.28. The Balaban J connectivity index is 2.77. The highest BCUT2D eigenvalue weighted by Crippen LogP contribution is 2.21. The van der Waals surface area contributed by atoms with Crippen molar-refractivity contribution in [2.75, 3.05) is 0 Å². The van der Waals surface area contributed by atoms with Gasteiger partial charge < -0.3 is 10.0 Å². The first-order chi connectivity index (χ1) is 5.54. The van der Waals surface area contributed by atoms with Crippen molar-refractivity contribution in [2.45, 2.75) is 38.8 Å². The monoisotopic (exact) mass is 171 g/mol. The molecule has 4 heteroatoms. The summed E-state index contributed by atoms with van der Waals surface area (Å²) in [7, 11) is 0. The van der Waals surface area contributed by atoms with Crippen LogP contribution in [0.3, 0.4) is 0 Å². The summed E-state index contributed by atoms with van der Waals surface area (Å²) in [5, 5.41) is 8.76. The Labute approximate surface area is 71.2 Å². The molecule has 0 saturated carbocycles. The first kappa shape index (κ1) is 9.03. The zero-order valence-electron chi connectivity index (χ0n) is 7.28. The molecule has 1 rings (SSSR count). The number of amides is 1. The Hall–Kier alpha value is -1.06. The van der Waals surface area contributed by atoms with E-state index in [1.54, 1.807) is 0 Å². The van der Waals surface area contributed by atoms with Crippen LogP contribution in [0.1, 0.15) is 26.7 Å². The highest BCUT2D eigenvalue weighted by atomic mass is 16.4. The van der Waals surface area contributed by atoms with E-state index >= 15 is 0 Å². The number of carboxylic acids is 1. The molecule has 0 aromatic rings. The number of nitrogens with zero attached hydrogens (tertiary/aromatic N) is 1. The van der Waals surface area contributed by atoms with Gasteiger partial charge in [-0.15, -0.1) is 0 Å². The van der Waals surface area contributed by atoms with Crippen LogP contribution < -0.4 is 0 Å². The molecule has 68 valence electrons. The van der Waals surface area contributed by atoms with Gasteiger partial charge in [-0.3, -0.25) is 4.79 Å². The fraction of sp³-hybridized carbons (Fsp3) is 0.750. The van der Waals surface area contributed by atoms with Gasteiger partial charge in [0.05, 0.1) is 0 Å². The van der Waals surface area contributed by atoms with Crippen molar-refractivity contribution in [3.63, 3.8) is 0 Å². The van der Waals surface area contributed by atoms with Gasteiger partial charge in [0.25, 0.3) is 0 Å². The van der Waals surface area contributed by atoms with Crippen molar-refractivity contribution >= 4 is 11.9 Å². The van der Waals surface area contributed by atoms with E-state index in [9.17, 15) is 9.59 Å². The lowest BCUT2D eigenvalue weighted by molar-refractivity contribution is -0.147. The van der Waals surface area contributed by atoms with Gasteiger partial charge >= 0.3 is 5.97 Å². The van der Waals surface area contributed by atoms with Crippen LogP contribution in [0.5, 0.6) is 0 Å². The van der Waals surface area contributed by atoms with Crippen molar-refractivity contribution in [1.82, 2.24) is 4.90 Å². The molecule has 1 fully saturated rings. The predicted molar refractivity (Wildman–Crippen MR) is 42.6 cm³/mol. The molecular formula is C8H13NO3. The third-order valence-electron chi connectivity index (χ3n) is 2.10. The van der Waals surface area contributed by atoms with Crippen molar-refractivity contribution < 1.29 is 14.7 Å². The van der Waals surface area contributed by atoms with E-state index in [4.69, 9.17) is 5.11 Å². The quantitative estimate of drug-likeness (QED) is 0.657. The molecule has 0 spiro atoms. The second kappa shape index (κ2) is 3.13. The van der Waals surface area contributed by atoms with Gasteiger partial charge in [0.2, 0.25) is 5.91 Å². The lowest BCUT2D eigenvalue weighted by atomic mass is 10.2. The van der Waals surface area contributed by atoms with Gasteiger partial charge in [0.1, 0.15) is 6.04 Å². The van der Waals surface area contributed by atoms with Crippen LogP contribution in [0, 0.1) is 0 Å². The fourth-order valence-electron chi connectivity index (χ4n) is 1.59. The average Bonchev–Trinajstić information content (AvgIpc) is 2.30. The number of likely N-dealkylation sites (tertiary alicyclic amines) is 1. The lowest BCUT2D eigenvalue weighted by Gasteiger charge is -2.25. The number of hydrogen-bond donors (Lipinski definition) is 1. The minimum absolute atomic E-state index is 0.0129. The highest BCUT2D eigenvalue weighted by molar-refractivity contribution is 5.87. The van der Waals surface area contributed by atoms with Crippen LogP contribution in [0.25, 0.3) is 0 Å². The van der Waals surface area contributed by atoms with Crippen LogP contribution in [-0.4, -0.2) is 34.0 Å². The molecule has 1 saturated heterocycles. The molecule has 1 amide bonds. The highest BCUT2D eigenvalue weighted by Gasteiger charge is 2.37. The van der Waals surface area contributed by atoms with Crippen molar-refractivity contribution in [2.24, 2.45) is 0 Å². The van der Waals surface area contributed by atoms with Gasteiger partial charge in [-0.25, -0.2) is 4.79 Å². The minimum atomic E-state index is -0.894. The standard InChI is InChI=1S/C8H13NO3/c1-5(2)9-6(8(11)12)3-4-7(9)10/h5-6H,3-4H2,1-2H3,(H,11,12)/t6-/m1/s1. The number of aliphatic carboxylic acids is 1. The topological polar surface area (TPSA) is 57.6 Å². The van der Waals surface area contributed by atoms with E-state index < -0.39 is 12.0 Å². The number of carbonyl (C=O) groups excluding carboxylic acids is 1. The summed E-state index contributed by atoms with van der Waals surface area (Å²) in [5.74, 6) is -0.938. The molecule has 12 heavy (non-hydrogen) atoms. The molecule has 0 aliphatic carbocycles. The Bertz CT molecular complexity index is 212. The van der Waals surface area contributed by atoms with Gasteiger partial charge in [-0.05, 0) is 20.3 Å². The molecule has 1 N–H and O–H groups in total. The van der Waals surface area contributed by atoms with E-state index in [1.807, 2.05) is 13.8 Å². The van der Waals surface area contributed by atoms with E-state index in [1.165, 1.54) is 4.90 Å². The summed E-state index contributed by atoms with van der Waals surface area (Å²) in [4.78, 5) is 23.3. The maximum Gasteiger partial charge on any atom is 0.326 e. The predicted octanol–water partition coefficient (Wildman–Crippen LogP) is 0.470. The smallest absolute Gasteiger partial charge is 0.326 e. The first-order valence-electron chi connectivity index (χ1n) is 4.08. The van der Waals surface area contributed by atoms with Crippen molar-refractivity contribution in [1.29, 1.82) is 0 Å². The van der Waals surface area contributed by atoms with Gasteiger partial charge in [-0.1, -0.05) is 0 Å². The number of carbonyl (C=O) groups is 2. The summed E-state index contributed by atoms with van der Waals surface area (Å²) >= 11 is 0. The summed E-state index contributed by atoms with van der Waals surface area (Å²) in [6, 6.07) is -0.612. The Morgan fingerprint density at radius 2 is 2.25 bits per heavy atom. The third kappa shape index (κ3) is 1.42. The Morgan fingerprint density at radius 3 is 2.58 bits per heavy atom. The molecule has 0 aromatic heterocycles. The van der Waals surface area contributed by atoms with Crippen LogP contribution >= 0.6 is 0 Å². The molecule has 1 atom stereocenters. The number of rotatable bonds is 2. The average molecular weight is 171 g/mol. The van der Waals surface area contributed by atoms with E-state index in [0.717, 1.165) is 0 Å².